The van der Waals surface area contributed by atoms with Crippen LogP contribution in [0.1, 0.15) is 0 Å². The Hall–Kier alpha value is -0.120. The standard InChI is InChI=1S/C7H6I2N4/c1-13-2-3(10)4-5(8)11-7(9)12-6(4)13/h2H,10H2,1H3. The summed E-state index contributed by atoms with van der Waals surface area (Å²) in [5.74, 6) is 0. The van der Waals surface area contributed by atoms with E-state index >= 15 is 0 Å². The van der Waals surface area contributed by atoms with Gasteiger partial charge in [0, 0.05) is 35.8 Å². The maximum absolute atomic E-state index is 5.82. The van der Waals surface area contributed by atoms with E-state index in [1.54, 1.807) is 0 Å². The fraction of sp³-hybridized carbons (Fsp3) is 0.143. The van der Waals surface area contributed by atoms with E-state index < -0.39 is 0 Å². The molecule has 0 aliphatic heterocycles. The van der Waals surface area contributed by atoms with Crippen LogP contribution in [0.2, 0.25) is 0 Å². The molecule has 0 saturated carbocycles. The molecule has 2 rings (SSSR count). The van der Waals surface area contributed by atoms with E-state index in [0.717, 1.165) is 24.3 Å². The minimum atomic E-state index is 0.735. The van der Waals surface area contributed by atoms with Crippen LogP contribution in [-0.4, -0.2) is 14.5 Å². The van der Waals surface area contributed by atoms with E-state index in [2.05, 4.69) is 55.1 Å². The Kier molecular flexibility index (Phi) is 2.34. The molecule has 0 aliphatic rings. The number of nitrogen functional groups attached to an aromatic ring is 1. The predicted molar refractivity (Wildman–Crippen MR) is 68.4 cm³/mol. The third-order valence-corrected chi connectivity index (χ3v) is 3.04. The van der Waals surface area contributed by atoms with Gasteiger partial charge in [0.1, 0.15) is 9.35 Å². The predicted octanol–water partition coefficient (Wildman–Crippen LogP) is 1.76. The van der Waals surface area contributed by atoms with Crippen LogP contribution in [0.5, 0.6) is 0 Å². The first-order valence-corrected chi connectivity index (χ1v) is 5.69. The second-order valence-corrected chi connectivity index (χ2v) is 4.66. The van der Waals surface area contributed by atoms with E-state index in [4.69, 9.17) is 5.73 Å². The van der Waals surface area contributed by atoms with Gasteiger partial charge in [0.15, 0.2) is 3.83 Å². The number of fused-ring (bicyclic) bond motifs is 1. The van der Waals surface area contributed by atoms with Gasteiger partial charge in [-0.2, -0.15) is 0 Å². The van der Waals surface area contributed by atoms with Crippen LogP contribution < -0.4 is 5.73 Å². The van der Waals surface area contributed by atoms with Crippen LogP contribution in [0.4, 0.5) is 5.69 Å². The smallest absolute Gasteiger partial charge is 0.193 e. The van der Waals surface area contributed by atoms with Gasteiger partial charge in [-0.05, 0) is 22.6 Å². The van der Waals surface area contributed by atoms with Gasteiger partial charge in [0.25, 0.3) is 0 Å². The number of halogens is 2. The minimum absolute atomic E-state index is 0.735. The molecule has 0 saturated heterocycles. The lowest BCUT2D eigenvalue weighted by Crippen LogP contribution is -1.95. The number of hydrogen-bond acceptors (Lipinski definition) is 3. The molecule has 0 unspecified atom stereocenters. The molecule has 2 aromatic rings. The summed E-state index contributed by atoms with van der Waals surface area (Å²) in [5.41, 5.74) is 7.44. The Morgan fingerprint density at radius 2 is 2.08 bits per heavy atom. The fourth-order valence-electron chi connectivity index (χ4n) is 1.24. The van der Waals surface area contributed by atoms with Crippen molar-refractivity contribution in [1.29, 1.82) is 0 Å². The summed E-state index contributed by atoms with van der Waals surface area (Å²) in [4.78, 5) is 8.56. The summed E-state index contributed by atoms with van der Waals surface area (Å²) in [6.45, 7) is 0. The number of rotatable bonds is 0. The summed E-state index contributed by atoms with van der Waals surface area (Å²) in [6.07, 6.45) is 1.86. The summed E-state index contributed by atoms with van der Waals surface area (Å²) < 4.78 is 3.57. The normalized spacial score (nSPS) is 11.0. The van der Waals surface area contributed by atoms with E-state index in [0.29, 0.717) is 0 Å². The molecular weight excluding hydrogens is 394 g/mol. The molecule has 0 spiro atoms. The lowest BCUT2D eigenvalue weighted by atomic mass is 10.4. The quantitative estimate of drug-likeness (QED) is 0.417. The van der Waals surface area contributed by atoms with Gasteiger partial charge in [-0.1, -0.05) is 0 Å². The molecule has 2 N–H and O–H groups in total. The summed E-state index contributed by atoms with van der Waals surface area (Å²) >= 11 is 4.27. The van der Waals surface area contributed by atoms with E-state index in [1.807, 2.05) is 17.8 Å². The van der Waals surface area contributed by atoms with Crippen molar-refractivity contribution in [3.05, 3.63) is 13.7 Å². The summed E-state index contributed by atoms with van der Waals surface area (Å²) in [6, 6.07) is 0. The summed E-state index contributed by atoms with van der Waals surface area (Å²) in [7, 11) is 1.93. The molecule has 0 atom stereocenters. The maximum Gasteiger partial charge on any atom is 0.193 e. The first-order chi connectivity index (χ1) is 6.09. The van der Waals surface area contributed by atoms with Gasteiger partial charge in [-0.15, -0.1) is 0 Å². The largest absolute Gasteiger partial charge is 0.397 e. The Morgan fingerprint density at radius 1 is 1.38 bits per heavy atom. The van der Waals surface area contributed by atoms with Crippen molar-refractivity contribution in [2.75, 3.05) is 5.73 Å². The van der Waals surface area contributed by atoms with Crippen LogP contribution in [0, 0.1) is 7.53 Å². The SMILES string of the molecule is Cn1cc(N)c2c(I)nc(I)nc21. The Bertz CT molecular complexity index is 477. The molecular formula is C7H6I2N4. The van der Waals surface area contributed by atoms with Crippen molar-refractivity contribution in [1.82, 2.24) is 14.5 Å². The number of hydrogen-bond donors (Lipinski definition) is 1. The zero-order valence-electron chi connectivity index (χ0n) is 6.75. The van der Waals surface area contributed by atoms with Crippen LogP contribution in [0.25, 0.3) is 11.0 Å². The van der Waals surface area contributed by atoms with Crippen LogP contribution in [-0.2, 0) is 7.05 Å². The second-order valence-electron chi connectivity index (χ2n) is 2.68. The lowest BCUT2D eigenvalue weighted by Gasteiger charge is -1.97. The van der Waals surface area contributed by atoms with Gasteiger partial charge in [-0.3, -0.25) is 0 Å². The molecule has 0 aromatic carbocycles. The van der Waals surface area contributed by atoms with Crippen LogP contribution in [0.3, 0.4) is 0 Å². The monoisotopic (exact) mass is 400 g/mol. The highest BCUT2D eigenvalue weighted by atomic mass is 127. The Balaban J connectivity index is 2.97. The first kappa shape index (κ1) is 9.44. The van der Waals surface area contributed by atoms with Gasteiger partial charge < -0.3 is 10.3 Å². The van der Waals surface area contributed by atoms with Gasteiger partial charge >= 0.3 is 0 Å². The molecule has 0 aliphatic carbocycles. The van der Waals surface area contributed by atoms with Gasteiger partial charge in [-0.25, -0.2) is 9.97 Å². The minimum Gasteiger partial charge on any atom is -0.397 e. The fourth-order valence-corrected chi connectivity index (χ4v) is 2.95. The maximum atomic E-state index is 5.82. The average Bonchev–Trinajstić information content (AvgIpc) is 2.27. The Morgan fingerprint density at radius 3 is 2.77 bits per heavy atom. The molecule has 0 radical (unpaired) electrons. The molecule has 68 valence electrons. The molecule has 6 heteroatoms. The molecule has 0 fully saturated rings. The Labute approximate surface area is 102 Å². The van der Waals surface area contributed by atoms with Crippen LogP contribution in [0.15, 0.2) is 6.20 Å². The third kappa shape index (κ3) is 1.49. The second kappa shape index (κ2) is 3.23. The lowest BCUT2D eigenvalue weighted by molar-refractivity contribution is 0.936. The molecule has 4 nitrogen and oxygen atoms in total. The van der Waals surface area contributed by atoms with Crippen molar-refractivity contribution in [2.24, 2.45) is 7.05 Å². The number of aryl methyl sites for hydroxylation is 1. The highest BCUT2D eigenvalue weighted by molar-refractivity contribution is 14.1. The summed E-state index contributed by atoms with van der Waals surface area (Å²) in [5, 5.41) is 0.948. The molecule has 0 amide bonds. The zero-order valence-corrected chi connectivity index (χ0v) is 11.1. The van der Waals surface area contributed by atoms with Crippen molar-refractivity contribution in [3.8, 4) is 0 Å². The number of aromatic nitrogens is 3. The van der Waals surface area contributed by atoms with Crippen molar-refractivity contribution in [2.45, 2.75) is 0 Å². The number of nitrogens with zero attached hydrogens (tertiary/aromatic N) is 3. The van der Waals surface area contributed by atoms with Crippen LogP contribution >= 0.6 is 45.2 Å². The van der Waals surface area contributed by atoms with E-state index in [-0.39, 0.29) is 0 Å². The van der Waals surface area contributed by atoms with Crippen molar-refractivity contribution >= 4 is 61.9 Å². The van der Waals surface area contributed by atoms with Gasteiger partial charge in [0.05, 0.1) is 11.1 Å². The number of anilines is 1. The topological polar surface area (TPSA) is 56.7 Å². The molecule has 2 heterocycles. The highest BCUT2D eigenvalue weighted by Gasteiger charge is 2.10. The first-order valence-electron chi connectivity index (χ1n) is 3.53. The van der Waals surface area contributed by atoms with Gasteiger partial charge in [0.2, 0.25) is 0 Å². The number of nitrogens with two attached hydrogens (primary N) is 1. The van der Waals surface area contributed by atoms with Crippen molar-refractivity contribution in [3.63, 3.8) is 0 Å². The third-order valence-electron chi connectivity index (χ3n) is 1.77. The van der Waals surface area contributed by atoms with E-state index in [9.17, 15) is 0 Å². The molecule has 2 aromatic heterocycles. The highest BCUT2D eigenvalue weighted by Crippen LogP contribution is 2.25. The average molecular weight is 400 g/mol. The van der Waals surface area contributed by atoms with Crippen molar-refractivity contribution < 1.29 is 0 Å². The zero-order chi connectivity index (χ0) is 9.59. The molecule has 0 bridgehead atoms. The van der Waals surface area contributed by atoms with E-state index in [1.165, 1.54) is 0 Å². The molecule has 13 heavy (non-hydrogen) atoms.